The van der Waals surface area contributed by atoms with E-state index in [0.29, 0.717) is 0 Å². The number of hydrogen-bond donors (Lipinski definition) is 4. The van der Waals surface area contributed by atoms with Gasteiger partial charge in [0.2, 0.25) is 11.7 Å². The van der Waals surface area contributed by atoms with E-state index >= 15 is 0 Å². The Balaban J connectivity index is 1.92. The van der Waals surface area contributed by atoms with E-state index < -0.39 is 35.1 Å². The number of ether oxygens (including phenoxy) is 2. The van der Waals surface area contributed by atoms with Crippen molar-refractivity contribution in [3.63, 3.8) is 0 Å². The molecule has 1 amide bonds. The Morgan fingerprint density at radius 3 is 2.05 bits per heavy atom. The molecule has 5 unspecified atom stereocenters. The predicted octanol–water partition coefficient (Wildman–Crippen LogP) is 4.77. The monoisotopic (exact) mass is 571 g/mol. The average Bonchev–Trinajstić information content (AvgIpc) is 3.14. The fourth-order valence-corrected chi connectivity index (χ4v) is 4.48. The highest BCUT2D eigenvalue weighted by molar-refractivity contribution is 5.93. The first-order chi connectivity index (χ1) is 20.1. The summed E-state index contributed by atoms with van der Waals surface area (Å²) in [6, 6.07) is 9.23. The summed E-state index contributed by atoms with van der Waals surface area (Å²) in [6.07, 6.45) is 23.8. The first-order valence-electron chi connectivity index (χ1n) is 13.4. The number of esters is 1. The Hall–Kier alpha value is -4.50. The van der Waals surface area contributed by atoms with Gasteiger partial charge in [-0.05, 0) is 18.6 Å². The van der Waals surface area contributed by atoms with Crippen molar-refractivity contribution in [2.75, 3.05) is 7.11 Å². The highest BCUT2D eigenvalue weighted by atomic mass is 16.7. The molecular weight excluding hydrogens is 534 g/mol. The van der Waals surface area contributed by atoms with Gasteiger partial charge in [0.05, 0.1) is 17.0 Å². The fourth-order valence-electron chi connectivity index (χ4n) is 4.48. The minimum absolute atomic E-state index is 0.224. The van der Waals surface area contributed by atoms with Crippen LogP contribution in [0.15, 0.2) is 139 Å². The largest absolute Gasteiger partial charge is 0.509 e. The number of nitrogens with one attached hydrogen (secondary N) is 1. The van der Waals surface area contributed by atoms with Crippen LogP contribution in [0.1, 0.15) is 25.5 Å². The molecule has 0 radical (unpaired) electrons. The molecule has 0 fully saturated rings. The molecule has 1 aromatic carbocycles. The molecule has 1 aromatic rings. The number of methoxy groups -OCH3 is 1. The zero-order valence-electron chi connectivity index (χ0n) is 23.8. The molecule has 5 atom stereocenters. The molecule has 1 aliphatic heterocycles. The number of aliphatic hydroxyl groups is 3. The topological polar surface area (TPSA) is 125 Å². The zero-order chi connectivity index (χ0) is 30.6. The Kier molecular flexibility index (Phi) is 11.4. The van der Waals surface area contributed by atoms with Crippen LogP contribution in [-0.2, 0) is 19.1 Å². The number of rotatable bonds is 2. The summed E-state index contributed by atoms with van der Waals surface area (Å²) >= 11 is 0. The summed E-state index contributed by atoms with van der Waals surface area (Å²) in [7, 11) is 1.30. The van der Waals surface area contributed by atoms with Gasteiger partial charge in [-0.25, -0.2) is 4.79 Å². The van der Waals surface area contributed by atoms with E-state index in [1.54, 1.807) is 73.8 Å². The summed E-state index contributed by atoms with van der Waals surface area (Å²) in [5.41, 5.74) is -0.678. The molecular formula is C34H37NO7. The highest BCUT2D eigenvalue weighted by Gasteiger charge is 2.53. The van der Waals surface area contributed by atoms with Crippen molar-refractivity contribution >= 4 is 11.9 Å². The molecule has 8 nitrogen and oxygen atoms in total. The van der Waals surface area contributed by atoms with Gasteiger partial charge in [0.25, 0.3) is 0 Å². The third-order valence-corrected chi connectivity index (χ3v) is 6.69. The van der Waals surface area contributed by atoms with Gasteiger partial charge < -0.3 is 30.1 Å². The van der Waals surface area contributed by atoms with Crippen molar-refractivity contribution in [1.29, 1.82) is 0 Å². The Bertz CT molecular complexity index is 1380. The molecule has 0 saturated carbocycles. The lowest BCUT2D eigenvalue weighted by Crippen LogP contribution is -2.39. The van der Waals surface area contributed by atoms with Gasteiger partial charge in [0.1, 0.15) is 18.0 Å². The maximum atomic E-state index is 13.2. The second kappa shape index (κ2) is 14.9. The average molecular weight is 572 g/mol. The van der Waals surface area contributed by atoms with Crippen molar-refractivity contribution in [3.8, 4) is 0 Å². The summed E-state index contributed by atoms with van der Waals surface area (Å²) in [6.45, 7) is 2.84. The van der Waals surface area contributed by atoms with Gasteiger partial charge >= 0.3 is 5.97 Å². The maximum Gasteiger partial charge on any atom is 0.341 e. The molecule has 8 heteroatoms. The van der Waals surface area contributed by atoms with Crippen molar-refractivity contribution in [3.05, 3.63) is 144 Å². The van der Waals surface area contributed by atoms with Crippen LogP contribution >= 0.6 is 0 Å². The van der Waals surface area contributed by atoms with E-state index in [-0.39, 0.29) is 17.5 Å². The number of hydrogen-bond acceptors (Lipinski definition) is 7. The van der Waals surface area contributed by atoms with E-state index in [1.807, 2.05) is 42.5 Å². The van der Waals surface area contributed by atoms with Crippen LogP contribution in [0.25, 0.3) is 0 Å². The van der Waals surface area contributed by atoms with E-state index in [1.165, 1.54) is 32.3 Å². The van der Waals surface area contributed by atoms with Crippen molar-refractivity contribution in [2.45, 2.75) is 37.9 Å². The van der Waals surface area contributed by atoms with Crippen LogP contribution in [0.2, 0.25) is 0 Å². The second-order valence-corrected chi connectivity index (χ2v) is 9.99. The van der Waals surface area contributed by atoms with E-state index in [0.717, 1.165) is 5.56 Å². The molecule has 0 saturated heterocycles. The molecule has 4 N–H and O–H groups in total. The Labute approximate surface area is 246 Å². The number of carbonyl (C=O) groups excluding carboxylic acids is 2. The van der Waals surface area contributed by atoms with Gasteiger partial charge in [-0.15, -0.1) is 0 Å². The molecule has 3 rings (SSSR count). The molecule has 220 valence electrons. The first kappa shape index (κ1) is 32.0. The van der Waals surface area contributed by atoms with Gasteiger partial charge in [0.15, 0.2) is 0 Å². The molecule has 0 aromatic heterocycles. The predicted molar refractivity (Wildman–Crippen MR) is 162 cm³/mol. The quantitative estimate of drug-likeness (QED) is 0.377. The lowest BCUT2D eigenvalue weighted by Gasteiger charge is -2.29. The molecule has 1 heterocycles. The van der Waals surface area contributed by atoms with Crippen LogP contribution in [-0.4, -0.2) is 52.3 Å². The smallest absolute Gasteiger partial charge is 0.341 e. The summed E-state index contributed by atoms with van der Waals surface area (Å²) in [5.74, 6) is -3.74. The number of aliphatic hydroxyl groups excluding tert-OH is 2. The van der Waals surface area contributed by atoms with Crippen LogP contribution in [0.3, 0.4) is 0 Å². The van der Waals surface area contributed by atoms with Crippen LogP contribution in [0, 0.1) is 5.41 Å². The minimum Gasteiger partial charge on any atom is -0.509 e. The number of carbonyl (C=O) groups is 2. The number of fused-ring (bicyclic) bond motifs is 1. The van der Waals surface area contributed by atoms with Crippen molar-refractivity contribution in [1.82, 2.24) is 5.32 Å². The number of cyclic esters (lactones) is 1. The summed E-state index contributed by atoms with van der Waals surface area (Å²) in [5, 5.41) is 35.3. The lowest BCUT2D eigenvalue weighted by atomic mass is 9.80. The highest BCUT2D eigenvalue weighted by Crippen LogP contribution is 2.45. The lowest BCUT2D eigenvalue weighted by molar-refractivity contribution is -0.181. The van der Waals surface area contributed by atoms with Gasteiger partial charge in [-0.3, -0.25) is 4.79 Å². The van der Waals surface area contributed by atoms with Crippen LogP contribution in [0.5, 0.6) is 0 Å². The SMILES string of the molecule is COC1C(O)=C2C(=O)OC(C)(O)\C=C/C=C\C=C/C=C\C(c3ccccc3)NC(=O)\C=C/C=C\C=C/C=C\C2(C)C1O. The molecule has 1 aliphatic carbocycles. The second-order valence-electron chi connectivity index (χ2n) is 9.99. The number of benzene rings is 1. The zero-order valence-corrected chi connectivity index (χ0v) is 23.8. The van der Waals surface area contributed by atoms with E-state index in [9.17, 15) is 24.9 Å². The first-order valence-corrected chi connectivity index (χ1v) is 13.4. The third-order valence-electron chi connectivity index (χ3n) is 6.69. The van der Waals surface area contributed by atoms with Crippen molar-refractivity contribution in [2.24, 2.45) is 5.41 Å². The third kappa shape index (κ3) is 8.50. The normalized spacial score (nSPS) is 35.4. The molecule has 42 heavy (non-hydrogen) atoms. The van der Waals surface area contributed by atoms with Gasteiger partial charge in [0, 0.05) is 20.1 Å². The Morgan fingerprint density at radius 1 is 0.833 bits per heavy atom. The van der Waals surface area contributed by atoms with Crippen LogP contribution in [0.4, 0.5) is 0 Å². The summed E-state index contributed by atoms with van der Waals surface area (Å²) in [4.78, 5) is 25.7. The molecule has 0 bridgehead atoms. The van der Waals surface area contributed by atoms with Gasteiger partial charge in [-0.2, -0.15) is 0 Å². The number of amides is 1. The molecule has 0 spiro atoms. The van der Waals surface area contributed by atoms with Crippen molar-refractivity contribution < 1.29 is 34.4 Å². The Morgan fingerprint density at radius 2 is 1.40 bits per heavy atom. The van der Waals surface area contributed by atoms with Gasteiger partial charge in [-0.1, -0.05) is 115 Å². The molecule has 2 aliphatic rings. The standard InChI is InChI=1S/C34H37NO7/c1-33-23-17-10-6-5-9-16-22-27(36)35-26(25-19-13-12-14-20-25)21-15-8-4-7-11-18-24-34(2,40)42-32(39)28(33)29(37)30(41-3)31(33)38/h4-24,26,30-31,37-38,40H,1-3H3,(H,35,36)/b8-4-,9-5-,10-6-,11-7-,21-15-,22-16-,23-17-,24-18-. The maximum absolute atomic E-state index is 13.2. The summed E-state index contributed by atoms with van der Waals surface area (Å²) < 4.78 is 10.5. The van der Waals surface area contributed by atoms with E-state index in [4.69, 9.17) is 9.47 Å². The van der Waals surface area contributed by atoms with Crippen LogP contribution < -0.4 is 5.32 Å². The van der Waals surface area contributed by atoms with E-state index in [2.05, 4.69) is 5.32 Å². The minimum atomic E-state index is -2.01. The number of allylic oxidation sites excluding steroid dienone is 12. The fraction of sp³-hybridized carbons (Fsp3) is 0.235.